The summed E-state index contributed by atoms with van der Waals surface area (Å²) in [4.78, 5) is 25.5. The van der Waals surface area contributed by atoms with Gasteiger partial charge in [-0.15, -0.1) is 11.8 Å². The molecule has 0 spiro atoms. The highest BCUT2D eigenvalue weighted by Gasteiger charge is 2.39. The van der Waals surface area contributed by atoms with Gasteiger partial charge >= 0.3 is 1.43 Å². The Bertz CT molecular complexity index is 501. The fourth-order valence-electron chi connectivity index (χ4n) is 2.07. The van der Waals surface area contributed by atoms with E-state index in [-0.39, 0.29) is 37.3 Å². The van der Waals surface area contributed by atoms with Crippen molar-refractivity contribution in [2.45, 2.75) is 18.6 Å². The third-order valence-corrected chi connectivity index (χ3v) is 4.19. The fraction of sp³-hybridized carbons (Fsp3) is 0.429. The number of thioether (sulfide) groups is 1. The Kier molecular flexibility index (Phi) is 7.01. The van der Waals surface area contributed by atoms with Crippen molar-refractivity contribution >= 4 is 29.3 Å². The molecule has 2 N–H and O–H groups in total. The molecule has 1 saturated heterocycles. The summed E-state index contributed by atoms with van der Waals surface area (Å²) in [5.74, 6) is 1.09. The Hall–Kier alpha value is -1.24. The normalized spacial score (nSPS) is 17.8. The predicted molar refractivity (Wildman–Crippen MR) is 81.1 cm³/mol. The minimum atomic E-state index is -0.308. The van der Waals surface area contributed by atoms with Gasteiger partial charge in [0.1, 0.15) is 5.75 Å². The minimum Gasteiger partial charge on any atom is -1.00 e. The summed E-state index contributed by atoms with van der Waals surface area (Å²) >= 11 is 1.44. The number of hydrogen-bond donors (Lipinski definition) is 1. The average molecular weight is 331 g/mol. The Labute approximate surface area is 136 Å². The van der Waals surface area contributed by atoms with Crippen LogP contribution in [0.25, 0.3) is 0 Å². The van der Waals surface area contributed by atoms with Crippen molar-refractivity contribution in [2.24, 2.45) is 5.73 Å². The molecule has 1 aliphatic heterocycles. The second-order valence-electron chi connectivity index (χ2n) is 4.35. The molecule has 21 heavy (non-hydrogen) atoms. The number of carbonyl (C=O) groups excluding carboxylic acids is 2. The highest BCUT2D eigenvalue weighted by molar-refractivity contribution is 8.00. The maximum atomic E-state index is 12.2. The number of nitrogens with two attached hydrogens (primary N) is 1. The van der Waals surface area contributed by atoms with Crippen LogP contribution >= 0.6 is 11.8 Å². The zero-order valence-corrected chi connectivity index (χ0v) is 13.3. The van der Waals surface area contributed by atoms with Gasteiger partial charge in [-0.2, -0.15) is 0 Å². The van der Waals surface area contributed by atoms with Crippen molar-refractivity contribution in [3.63, 3.8) is 0 Å². The first-order chi connectivity index (χ1) is 9.67. The zero-order valence-electron chi connectivity index (χ0n) is 12.8. The van der Waals surface area contributed by atoms with Crippen molar-refractivity contribution < 1.29 is 28.2 Å². The molecule has 0 aromatic heterocycles. The predicted octanol–water partition coefficient (Wildman–Crippen LogP) is -1.47. The fourth-order valence-corrected chi connectivity index (χ4v) is 3.00. The van der Waals surface area contributed by atoms with Crippen molar-refractivity contribution in [2.75, 3.05) is 23.8 Å². The van der Waals surface area contributed by atoms with Gasteiger partial charge in [-0.3, -0.25) is 9.59 Å². The lowest BCUT2D eigenvalue weighted by Crippen LogP contribution is -3.00. The third kappa shape index (κ3) is 4.12. The molecule has 2 rings (SSSR count). The van der Waals surface area contributed by atoms with E-state index in [0.717, 1.165) is 5.75 Å². The second kappa shape index (κ2) is 8.26. The lowest BCUT2D eigenvalue weighted by atomic mass is 10.3. The van der Waals surface area contributed by atoms with Crippen molar-refractivity contribution in [1.82, 2.24) is 0 Å². The quantitative estimate of drug-likeness (QED) is 0.645. The molecule has 1 aliphatic rings. The van der Waals surface area contributed by atoms with Crippen LogP contribution in [-0.4, -0.2) is 36.0 Å². The molecule has 1 atom stereocenters. The van der Waals surface area contributed by atoms with Gasteiger partial charge in [-0.25, -0.2) is 4.90 Å². The van der Waals surface area contributed by atoms with Crippen LogP contribution < -0.4 is 27.8 Å². The molecular weight excluding hydrogens is 312 g/mol. The van der Waals surface area contributed by atoms with Gasteiger partial charge in [-0.1, -0.05) is 0 Å². The molecule has 116 valence electrons. The molecule has 1 fully saturated rings. The number of benzene rings is 1. The molecule has 7 heteroatoms. The lowest BCUT2D eigenvalue weighted by molar-refractivity contribution is -0.121. The van der Waals surface area contributed by atoms with Crippen LogP contribution in [0.3, 0.4) is 0 Å². The van der Waals surface area contributed by atoms with E-state index in [1.807, 2.05) is 6.92 Å². The largest absolute Gasteiger partial charge is 1.00 e. The number of halogens is 1. The van der Waals surface area contributed by atoms with E-state index in [9.17, 15) is 9.59 Å². The summed E-state index contributed by atoms with van der Waals surface area (Å²) < 4.78 is 5.35. The van der Waals surface area contributed by atoms with E-state index >= 15 is 0 Å². The molecule has 0 aliphatic carbocycles. The van der Waals surface area contributed by atoms with E-state index < -0.39 is 0 Å². The Morgan fingerprint density at radius 1 is 1.38 bits per heavy atom. The molecule has 1 aromatic rings. The van der Waals surface area contributed by atoms with Gasteiger partial charge in [0.25, 0.3) is 0 Å². The van der Waals surface area contributed by atoms with Crippen molar-refractivity contribution in [3.05, 3.63) is 24.3 Å². The average Bonchev–Trinajstić information content (AvgIpc) is 2.73. The van der Waals surface area contributed by atoms with E-state index in [4.69, 9.17) is 10.5 Å². The first kappa shape index (κ1) is 17.8. The summed E-state index contributed by atoms with van der Waals surface area (Å²) in [6, 6.07) is 6.99. The van der Waals surface area contributed by atoms with Gasteiger partial charge in [0, 0.05) is 18.7 Å². The van der Waals surface area contributed by atoms with E-state index in [2.05, 4.69) is 0 Å². The molecule has 2 amide bonds. The third-order valence-electron chi connectivity index (χ3n) is 2.95. The number of nitrogens with zero attached hydrogens (tertiary/aromatic N) is 1. The molecular formula is C14H19ClN2O3S. The van der Waals surface area contributed by atoms with Crippen LogP contribution in [0, 0.1) is 0 Å². The number of rotatable bonds is 6. The Morgan fingerprint density at radius 3 is 2.62 bits per heavy atom. The highest BCUT2D eigenvalue weighted by atomic mass is 35.5. The molecule has 1 aromatic carbocycles. The van der Waals surface area contributed by atoms with Crippen molar-refractivity contribution in [3.8, 4) is 5.75 Å². The topological polar surface area (TPSA) is 72.6 Å². The molecule has 1 unspecified atom stereocenters. The van der Waals surface area contributed by atoms with Crippen LogP contribution in [0.1, 0.15) is 14.8 Å². The summed E-state index contributed by atoms with van der Waals surface area (Å²) in [6.07, 6.45) is 0.247. The van der Waals surface area contributed by atoms with E-state index in [1.165, 1.54) is 16.7 Å². The Morgan fingerprint density at radius 2 is 2.05 bits per heavy atom. The van der Waals surface area contributed by atoms with Crippen LogP contribution in [-0.2, 0) is 9.59 Å². The lowest BCUT2D eigenvalue weighted by Gasteiger charge is -2.15. The minimum absolute atomic E-state index is 0. The molecule has 1 heterocycles. The van der Waals surface area contributed by atoms with Crippen molar-refractivity contribution in [1.29, 1.82) is 0 Å². The van der Waals surface area contributed by atoms with Gasteiger partial charge in [0.05, 0.1) is 17.5 Å². The van der Waals surface area contributed by atoms with Crippen LogP contribution in [0.15, 0.2) is 24.3 Å². The number of carbonyl (C=O) groups is 2. The number of imide groups is 1. The highest BCUT2D eigenvalue weighted by Crippen LogP contribution is 2.30. The summed E-state index contributed by atoms with van der Waals surface area (Å²) in [5, 5.41) is -0.308. The van der Waals surface area contributed by atoms with E-state index in [0.29, 0.717) is 24.6 Å². The van der Waals surface area contributed by atoms with Crippen LogP contribution in [0.4, 0.5) is 5.69 Å². The first-order valence-electron chi connectivity index (χ1n) is 6.58. The maximum Gasteiger partial charge on any atom is 1.00 e. The van der Waals surface area contributed by atoms with Gasteiger partial charge in [0.15, 0.2) is 0 Å². The molecule has 5 nitrogen and oxygen atoms in total. The van der Waals surface area contributed by atoms with Crippen LogP contribution in [0.2, 0.25) is 0 Å². The number of anilines is 1. The van der Waals surface area contributed by atoms with Crippen LogP contribution in [0.5, 0.6) is 5.75 Å². The molecule has 0 bridgehead atoms. The Balaban J connectivity index is 0.00000220. The summed E-state index contributed by atoms with van der Waals surface area (Å²) in [5.41, 5.74) is 6.03. The SMILES string of the molecule is CCOc1ccc(N2C(=O)CC(SCCN)C2=O)cc1.[Cl-].[H+]. The first-order valence-corrected chi connectivity index (χ1v) is 7.63. The molecule has 0 saturated carbocycles. The number of hydrogen-bond acceptors (Lipinski definition) is 5. The summed E-state index contributed by atoms with van der Waals surface area (Å²) in [6.45, 7) is 2.99. The second-order valence-corrected chi connectivity index (χ2v) is 5.66. The number of ether oxygens (including phenoxy) is 1. The maximum absolute atomic E-state index is 12.2. The number of amides is 2. The monoisotopic (exact) mass is 330 g/mol. The smallest absolute Gasteiger partial charge is 1.00 e. The standard InChI is InChI=1S/C14H18N2O3S.ClH/c1-2-19-11-5-3-10(4-6-11)16-13(17)9-12(14(16)18)20-8-7-15;/h3-6,12H,2,7-9,15H2,1H3;1H. The van der Waals surface area contributed by atoms with Gasteiger partial charge in [0.2, 0.25) is 11.8 Å². The zero-order chi connectivity index (χ0) is 14.5. The summed E-state index contributed by atoms with van der Waals surface area (Å²) in [7, 11) is 0. The van der Waals surface area contributed by atoms with Gasteiger partial charge < -0.3 is 22.9 Å². The van der Waals surface area contributed by atoms with Gasteiger partial charge in [-0.05, 0) is 31.2 Å². The van der Waals surface area contributed by atoms with E-state index in [1.54, 1.807) is 24.3 Å². The molecule has 0 radical (unpaired) electrons.